The molecular weight excluding hydrogens is 407 g/mol. The topological polar surface area (TPSA) is 104 Å². The molecule has 0 bridgehead atoms. The van der Waals surface area contributed by atoms with Gasteiger partial charge in [-0.1, -0.05) is 31.2 Å². The van der Waals surface area contributed by atoms with E-state index in [0.717, 1.165) is 5.56 Å². The Balaban J connectivity index is 1.54. The minimum absolute atomic E-state index is 0.200. The summed E-state index contributed by atoms with van der Waals surface area (Å²) in [6, 6.07) is 14.2. The molecular formula is C21H23FN4O3S. The highest BCUT2D eigenvalue weighted by Crippen LogP contribution is 2.20. The molecule has 158 valence electrons. The summed E-state index contributed by atoms with van der Waals surface area (Å²) in [6.45, 7) is 2.28. The number of amides is 1. The van der Waals surface area contributed by atoms with Crippen molar-refractivity contribution in [3.63, 3.8) is 0 Å². The van der Waals surface area contributed by atoms with Gasteiger partial charge in [-0.15, -0.1) is 0 Å². The molecule has 3 aromatic rings. The summed E-state index contributed by atoms with van der Waals surface area (Å²) in [5, 5.41) is 9.49. The van der Waals surface area contributed by atoms with E-state index >= 15 is 0 Å². The van der Waals surface area contributed by atoms with Gasteiger partial charge in [-0.3, -0.25) is 9.89 Å². The lowest BCUT2D eigenvalue weighted by Gasteiger charge is -2.07. The van der Waals surface area contributed by atoms with Crippen molar-refractivity contribution >= 4 is 21.7 Å². The number of hydrogen-bond donors (Lipinski definition) is 3. The number of carbonyl (C=O) groups excluding carboxylic acids is 1. The molecule has 2 aromatic carbocycles. The highest BCUT2D eigenvalue weighted by Gasteiger charge is 2.13. The fraction of sp³-hybridized carbons (Fsp3) is 0.238. The standard InChI is InChI=1S/C21H23FN4O3S/c1-2-12-23-30(28,29)18-9-6-15(7-10-18)8-11-21(27)24-20-14-19(25-26-20)16-4-3-5-17(22)13-16/h3-7,9-10,13-14,23H,2,8,11-12H2,1H3,(H2,24,25,26,27). The van der Waals surface area contributed by atoms with E-state index < -0.39 is 10.0 Å². The lowest BCUT2D eigenvalue weighted by Crippen LogP contribution is -2.24. The maximum absolute atomic E-state index is 13.3. The molecule has 0 spiro atoms. The highest BCUT2D eigenvalue weighted by atomic mass is 32.2. The number of nitrogens with one attached hydrogen (secondary N) is 3. The van der Waals surface area contributed by atoms with Crippen molar-refractivity contribution in [1.82, 2.24) is 14.9 Å². The molecule has 1 aromatic heterocycles. The van der Waals surface area contributed by atoms with Crippen LogP contribution in [0, 0.1) is 5.82 Å². The molecule has 0 aliphatic heterocycles. The van der Waals surface area contributed by atoms with Crippen LogP contribution in [0.4, 0.5) is 10.2 Å². The van der Waals surface area contributed by atoms with Gasteiger partial charge in [0.2, 0.25) is 15.9 Å². The van der Waals surface area contributed by atoms with Crippen molar-refractivity contribution in [1.29, 1.82) is 0 Å². The molecule has 7 nitrogen and oxygen atoms in total. The predicted molar refractivity (Wildman–Crippen MR) is 113 cm³/mol. The number of hydrogen-bond acceptors (Lipinski definition) is 4. The molecule has 1 heterocycles. The number of anilines is 1. The summed E-state index contributed by atoms with van der Waals surface area (Å²) < 4.78 is 40.0. The highest BCUT2D eigenvalue weighted by molar-refractivity contribution is 7.89. The summed E-state index contributed by atoms with van der Waals surface area (Å²) in [7, 11) is -3.50. The third-order valence-electron chi connectivity index (χ3n) is 4.40. The number of rotatable bonds is 9. The van der Waals surface area contributed by atoms with E-state index in [2.05, 4.69) is 20.2 Å². The summed E-state index contributed by atoms with van der Waals surface area (Å²) in [5.41, 5.74) is 2.08. The van der Waals surface area contributed by atoms with Gasteiger partial charge in [0.15, 0.2) is 5.82 Å². The number of aromatic nitrogens is 2. The Labute approximate surface area is 174 Å². The molecule has 3 rings (SSSR count). The van der Waals surface area contributed by atoms with Crippen molar-refractivity contribution in [2.75, 3.05) is 11.9 Å². The Bertz CT molecular complexity index is 1110. The second kappa shape index (κ2) is 9.64. The summed E-state index contributed by atoms with van der Waals surface area (Å²) in [5.74, 6) is -0.232. The molecule has 0 unspecified atom stereocenters. The molecule has 3 N–H and O–H groups in total. The second-order valence-corrected chi connectivity index (χ2v) is 8.53. The van der Waals surface area contributed by atoms with Gasteiger partial charge in [0.05, 0.1) is 10.6 Å². The van der Waals surface area contributed by atoms with E-state index in [1.54, 1.807) is 30.3 Å². The van der Waals surface area contributed by atoms with Crippen molar-refractivity contribution in [3.8, 4) is 11.3 Å². The largest absolute Gasteiger partial charge is 0.309 e. The zero-order valence-corrected chi connectivity index (χ0v) is 17.3. The minimum atomic E-state index is -3.50. The smallest absolute Gasteiger partial charge is 0.240 e. The fourth-order valence-corrected chi connectivity index (χ4v) is 3.94. The van der Waals surface area contributed by atoms with Gasteiger partial charge in [-0.2, -0.15) is 5.10 Å². The van der Waals surface area contributed by atoms with Gasteiger partial charge in [-0.05, 0) is 42.7 Å². The van der Waals surface area contributed by atoms with E-state index in [-0.39, 0.29) is 23.0 Å². The minimum Gasteiger partial charge on any atom is -0.309 e. The molecule has 0 fully saturated rings. The molecule has 0 aliphatic carbocycles. The van der Waals surface area contributed by atoms with Crippen molar-refractivity contribution in [3.05, 3.63) is 66.0 Å². The second-order valence-electron chi connectivity index (χ2n) is 6.77. The van der Waals surface area contributed by atoms with Gasteiger partial charge < -0.3 is 5.32 Å². The Hall–Kier alpha value is -3.04. The maximum atomic E-state index is 13.3. The first-order valence-electron chi connectivity index (χ1n) is 9.57. The molecule has 9 heteroatoms. The number of sulfonamides is 1. The molecule has 1 amide bonds. The van der Waals surface area contributed by atoms with E-state index in [9.17, 15) is 17.6 Å². The maximum Gasteiger partial charge on any atom is 0.240 e. The van der Waals surface area contributed by atoms with E-state index in [0.29, 0.717) is 36.5 Å². The Morgan fingerprint density at radius 1 is 1.13 bits per heavy atom. The zero-order valence-electron chi connectivity index (χ0n) is 16.5. The van der Waals surface area contributed by atoms with Crippen LogP contribution in [-0.2, 0) is 21.2 Å². The van der Waals surface area contributed by atoms with Crippen LogP contribution in [-0.4, -0.2) is 31.1 Å². The first kappa shape index (κ1) is 21.7. The molecule has 0 aliphatic rings. The first-order chi connectivity index (χ1) is 14.4. The van der Waals surface area contributed by atoms with Crippen LogP contribution in [0.3, 0.4) is 0 Å². The van der Waals surface area contributed by atoms with Gasteiger partial charge in [-0.25, -0.2) is 17.5 Å². The van der Waals surface area contributed by atoms with Crippen LogP contribution in [0.1, 0.15) is 25.3 Å². The number of aromatic amines is 1. The van der Waals surface area contributed by atoms with E-state index in [1.807, 2.05) is 6.92 Å². The lowest BCUT2D eigenvalue weighted by atomic mass is 10.1. The van der Waals surface area contributed by atoms with Crippen LogP contribution in [0.15, 0.2) is 59.5 Å². The van der Waals surface area contributed by atoms with Gasteiger partial charge >= 0.3 is 0 Å². The van der Waals surface area contributed by atoms with Crippen LogP contribution in [0.25, 0.3) is 11.3 Å². The lowest BCUT2D eigenvalue weighted by molar-refractivity contribution is -0.116. The molecule has 0 radical (unpaired) electrons. The SMILES string of the molecule is CCCNS(=O)(=O)c1ccc(CCC(=O)Nc2cc(-c3cccc(F)c3)[nH]n2)cc1. The quantitative estimate of drug-likeness (QED) is 0.483. The number of carbonyl (C=O) groups is 1. The fourth-order valence-electron chi connectivity index (χ4n) is 2.81. The number of halogens is 1. The molecule has 0 saturated heterocycles. The third kappa shape index (κ3) is 5.74. The Morgan fingerprint density at radius 2 is 1.90 bits per heavy atom. The third-order valence-corrected chi connectivity index (χ3v) is 5.87. The predicted octanol–water partition coefficient (Wildman–Crippen LogP) is 3.48. The Kier molecular flexibility index (Phi) is 6.96. The van der Waals surface area contributed by atoms with Gasteiger partial charge in [0.25, 0.3) is 0 Å². The first-order valence-corrected chi connectivity index (χ1v) is 11.1. The van der Waals surface area contributed by atoms with Crippen LogP contribution >= 0.6 is 0 Å². The number of aryl methyl sites for hydroxylation is 1. The molecule has 0 atom stereocenters. The number of nitrogens with zero attached hydrogens (tertiary/aromatic N) is 1. The van der Waals surface area contributed by atoms with Crippen molar-refractivity contribution in [2.45, 2.75) is 31.1 Å². The van der Waals surface area contributed by atoms with Crippen LogP contribution in [0.2, 0.25) is 0 Å². The normalized spacial score (nSPS) is 11.4. The van der Waals surface area contributed by atoms with E-state index in [4.69, 9.17) is 0 Å². The summed E-state index contributed by atoms with van der Waals surface area (Å²) in [6.07, 6.45) is 1.38. The van der Waals surface area contributed by atoms with Crippen LogP contribution in [0.5, 0.6) is 0 Å². The number of H-pyrrole nitrogens is 1. The van der Waals surface area contributed by atoms with E-state index in [1.165, 1.54) is 24.3 Å². The monoisotopic (exact) mass is 430 g/mol. The summed E-state index contributed by atoms with van der Waals surface area (Å²) >= 11 is 0. The summed E-state index contributed by atoms with van der Waals surface area (Å²) in [4.78, 5) is 12.4. The van der Waals surface area contributed by atoms with Gasteiger partial charge in [0.1, 0.15) is 5.82 Å². The number of benzene rings is 2. The average Bonchev–Trinajstić information content (AvgIpc) is 3.19. The molecule has 0 saturated carbocycles. The van der Waals surface area contributed by atoms with Gasteiger partial charge in [0, 0.05) is 24.6 Å². The van der Waals surface area contributed by atoms with Crippen LogP contribution < -0.4 is 10.0 Å². The Morgan fingerprint density at radius 3 is 2.60 bits per heavy atom. The van der Waals surface area contributed by atoms with Crippen molar-refractivity contribution < 1.29 is 17.6 Å². The average molecular weight is 431 g/mol. The zero-order chi connectivity index (χ0) is 21.6. The van der Waals surface area contributed by atoms with Crippen molar-refractivity contribution in [2.24, 2.45) is 0 Å². The molecule has 30 heavy (non-hydrogen) atoms.